The van der Waals surface area contributed by atoms with Crippen molar-refractivity contribution >= 4 is 23.1 Å². The molecule has 0 saturated carbocycles. The first kappa shape index (κ1) is 15.2. The molecule has 6 heteroatoms. The highest BCUT2D eigenvalue weighted by molar-refractivity contribution is 7.80. The lowest BCUT2D eigenvalue weighted by Gasteiger charge is -2.12. The summed E-state index contributed by atoms with van der Waals surface area (Å²) in [5, 5.41) is 2.77. The number of rotatable bonds is 6. The van der Waals surface area contributed by atoms with Gasteiger partial charge in [-0.1, -0.05) is 19.1 Å². The average molecular weight is 282 g/mol. The number of hydrogen-bond acceptors (Lipinski definition) is 4. The number of amides is 1. The summed E-state index contributed by atoms with van der Waals surface area (Å²) in [5.74, 6) is 0.852. The van der Waals surface area contributed by atoms with Gasteiger partial charge in [-0.25, -0.2) is 0 Å². The SMILES string of the molecule is COc1cc(OC)cc(C(=O)NCC(C)C(N)=S)c1. The summed E-state index contributed by atoms with van der Waals surface area (Å²) in [7, 11) is 3.07. The van der Waals surface area contributed by atoms with Crippen LogP contribution in [-0.2, 0) is 0 Å². The first-order valence-electron chi connectivity index (χ1n) is 5.78. The lowest BCUT2D eigenvalue weighted by Crippen LogP contribution is -2.33. The molecule has 0 aliphatic rings. The van der Waals surface area contributed by atoms with Crippen LogP contribution in [0.15, 0.2) is 18.2 Å². The number of carbonyl (C=O) groups is 1. The van der Waals surface area contributed by atoms with E-state index < -0.39 is 0 Å². The minimum Gasteiger partial charge on any atom is -0.497 e. The number of thiocarbonyl (C=S) groups is 1. The molecular weight excluding hydrogens is 264 g/mol. The Morgan fingerprint density at radius 2 is 1.84 bits per heavy atom. The molecule has 0 heterocycles. The molecule has 0 aliphatic carbocycles. The molecule has 0 bridgehead atoms. The predicted octanol–water partition coefficient (Wildman–Crippen LogP) is 1.36. The maximum atomic E-state index is 12.0. The minimum atomic E-state index is -0.222. The Morgan fingerprint density at radius 3 is 2.26 bits per heavy atom. The van der Waals surface area contributed by atoms with Crippen LogP contribution in [0, 0.1) is 5.92 Å². The largest absolute Gasteiger partial charge is 0.497 e. The van der Waals surface area contributed by atoms with Crippen molar-refractivity contribution in [1.29, 1.82) is 0 Å². The molecule has 5 nitrogen and oxygen atoms in total. The van der Waals surface area contributed by atoms with E-state index in [1.807, 2.05) is 6.92 Å². The van der Waals surface area contributed by atoms with Crippen LogP contribution in [0.25, 0.3) is 0 Å². The summed E-state index contributed by atoms with van der Waals surface area (Å²) in [6.45, 7) is 2.25. The van der Waals surface area contributed by atoms with Crippen molar-refractivity contribution in [3.63, 3.8) is 0 Å². The highest BCUT2D eigenvalue weighted by Crippen LogP contribution is 2.22. The minimum absolute atomic E-state index is 0.0496. The lowest BCUT2D eigenvalue weighted by atomic mass is 10.1. The van der Waals surface area contributed by atoms with E-state index in [4.69, 9.17) is 27.4 Å². The van der Waals surface area contributed by atoms with Crippen molar-refractivity contribution in [3.05, 3.63) is 23.8 Å². The third kappa shape index (κ3) is 4.40. The fourth-order valence-electron chi connectivity index (χ4n) is 1.39. The smallest absolute Gasteiger partial charge is 0.251 e. The van der Waals surface area contributed by atoms with Gasteiger partial charge in [0, 0.05) is 24.1 Å². The summed E-state index contributed by atoms with van der Waals surface area (Å²) >= 11 is 4.85. The van der Waals surface area contributed by atoms with E-state index in [2.05, 4.69) is 5.32 Å². The Balaban J connectivity index is 2.78. The molecule has 1 rings (SSSR count). The Hall–Kier alpha value is -1.82. The highest BCUT2D eigenvalue weighted by atomic mass is 32.1. The topological polar surface area (TPSA) is 73.6 Å². The summed E-state index contributed by atoms with van der Waals surface area (Å²) < 4.78 is 10.2. The zero-order valence-corrected chi connectivity index (χ0v) is 12.0. The normalized spacial score (nSPS) is 11.5. The molecule has 1 aromatic carbocycles. The molecule has 1 atom stereocenters. The van der Waals surface area contributed by atoms with Crippen molar-refractivity contribution in [1.82, 2.24) is 5.32 Å². The quantitative estimate of drug-likeness (QED) is 0.771. The standard InChI is InChI=1S/C13H18N2O3S/c1-8(12(14)19)7-15-13(16)9-4-10(17-2)6-11(5-9)18-3/h4-6,8H,7H2,1-3H3,(H2,14,19)(H,15,16). The number of nitrogens with two attached hydrogens (primary N) is 1. The van der Waals surface area contributed by atoms with Gasteiger partial charge < -0.3 is 20.5 Å². The van der Waals surface area contributed by atoms with Crippen molar-refractivity contribution < 1.29 is 14.3 Å². The lowest BCUT2D eigenvalue weighted by molar-refractivity contribution is 0.0950. The van der Waals surface area contributed by atoms with Crippen LogP contribution in [0.1, 0.15) is 17.3 Å². The molecular formula is C13H18N2O3S. The van der Waals surface area contributed by atoms with E-state index >= 15 is 0 Å². The Morgan fingerprint density at radius 1 is 1.32 bits per heavy atom. The second-order valence-electron chi connectivity index (χ2n) is 4.11. The first-order chi connectivity index (χ1) is 8.97. The first-order valence-corrected chi connectivity index (χ1v) is 6.19. The molecule has 19 heavy (non-hydrogen) atoms. The number of methoxy groups -OCH3 is 2. The van der Waals surface area contributed by atoms with E-state index in [1.54, 1.807) is 18.2 Å². The van der Waals surface area contributed by atoms with Crippen molar-refractivity contribution in [2.45, 2.75) is 6.92 Å². The highest BCUT2D eigenvalue weighted by Gasteiger charge is 2.12. The van der Waals surface area contributed by atoms with Crippen LogP contribution in [0.3, 0.4) is 0 Å². The summed E-state index contributed by atoms with van der Waals surface area (Å²) in [6.07, 6.45) is 0. The van der Waals surface area contributed by atoms with Gasteiger partial charge in [0.25, 0.3) is 5.91 Å². The fourth-order valence-corrected chi connectivity index (χ4v) is 1.47. The van der Waals surface area contributed by atoms with Crippen molar-refractivity contribution in [3.8, 4) is 11.5 Å². The fraction of sp³-hybridized carbons (Fsp3) is 0.385. The van der Waals surface area contributed by atoms with Gasteiger partial charge in [0.1, 0.15) is 11.5 Å². The number of benzene rings is 1. The van der Waals surface area contributed by atoms with Crippen LogP contribution in [0.4, 0.5) is 0 Å². The second kappa shape index (κ2) is 6.94. The number of carbonyl (C=O) groups excluding carboxylic acids is 1. The van der Waals surface area contributed by atoms with Crippen LogP contribution >= 0.6 is 12.2 Å². The molecule has 1 aromatic rings. The maximum absolute atomic E-state index is 12.0. The van der Waals surface area contributed by atoms with Crippen LogP contribution in [0.5, 0.6) is 11.5 Å². The maximum Gasteiger partial charge on any atom is 0.251 e. The predicted molar refractivity (Wildman–Crippen MR) is 77.8 cm³/mol. The number of ether oxygens (including phenoxy) is 2. The van der Waals surface area contributed by atoms with Crippen LogP contribution in [-0.4, -0.2) is 31.7 Å². The van der Waals surface area contributed by atoms with E-state index in [0.717, 1.165) is 0 Å². The molecule has 0 saturated heterocycles. The van der Waals surface area contributed by atoms with Gasteiger partial charge in [0.15, 0.2) is 0 Å². The van der Waals surface area contributed by atoms with Crippen LogP contribution in [0.2, 0.25) is 0 Å². The van der Waals surface area contributed by atoms with E-state index in [1.165, 1.54) is 14.2 Å². The molecule has 0 spiro atoms. The van der Waals surface area contributed by atoms with Crippen molar-refractivity contribution in [2.24, 2.45) is 11.7 Å². The van der Waals surface area contributed by atoms with Crippen LogP contribution < -0.4 is 20.5 Å². The molecule has 0 radical (unpaired) electrons. The Bertz CT molecular complexity index is 455. The Kier molecular flexibility index (Phi) is 5.57. The van der Waals surface area contributed by atoms with Gasteiger partial charge in [-0.2, -0.15) is 0 Å². The summed E-state index contributed by atoms with van der Waals surface area (Å²) in [4.78, 5) is 12.4. The monoisotopic (exact) mass is 282 g/mol. The summed E-state index contributed by atoms with van der Waals surface area (Å²) in [6, 6.07) is 4.99. The third-order valence-corrected chi connectivity index (χ3v) is 3.07. The van der Waals surface area contributed by atoms with Gasteiger partial charge in [0.05, 0.1) is 19.2 Å². The number of hydrogen-bond donors (Lipinski definition) is 2. The zero-order valence-electron chi connectivity index (χ0n) is 11.2. The van der Waals surface area contributed by atoms with Gasteiger partial charge in [-0.3, -0.25) is 4.79 Å². The molecule has 1 unspecified atom stereocenters. The molecule has 104 valence electrons. The van der Waals surface area contributed by atoms with Gasteiger partial charge in [-0.15, -0.1) is 0 Å². The van der Waals surface area contributed by atoms with E-state index in [0.29, 0.717) is 28.6 Å². The second-order valence-corrected chi connectivity index (χ2v) is 4.59. The molecule has 1 amide bonds. The molecule has 3 N–H and O–H groups in total. The zero-order chi connectivity index (χ0) is 14.4. The van der Waals surface area contributed by atoms with Gasteiger partial charge in [-0.05, 0) is 12.1 Å². The molecule has 0 aromatic heterocycles. The van der Waals surface area contributed by atoms with Gasteiger partial charge >= 0.3 is 0 Å². The molecule has 0 aliphatic heterocycles. The van der Waals surface area contributed by atoms with Crippen molar-refractivity contribution in [2.75, 3.05) is 20.8 Å². The van der Waals surface area contributed by atoms with E-state index in [-0.39, 0.29) is 11.8 Å². The van der Waals surface area contributed by atoms with E-state index in [9.17, 15) is 4.79 Å². The Labute approximate surface area is 118 Å². The number of nitrogens with one attached hydrogen (secondary N) is 1. The molecule has 0 fully saturated rings. The van der Waals surface area contributed by atoms with Gasteiger partial charge in [0.2, 0.25) is 0 Å². The summed E-state index contributed by atoms with van der Waals surface area (Å²) in [5.41, 5.74) is 5.96. The average Bonchev–Trinajstić information content (AvgIpc) is 2.43. The third-order valence-electron chi connectivity index (χ3n) is 2.67.